The van der Waals surface area contributed by atoms with E-state index in [1.807, 2.05) is 19.1 Å². The lowest BCUT2D eigenvalue weighted by Gasteiger charge is -2.29. The summed E-state index contributed by atoms with van der Waals surface area (Å²) in [5.41, 5.74) is 4.99. The number of aryl methyl sites for hydroxylation is 1. The zero-order chi connectivity index (χ0) is 24.9. The maximum atomic E-state index is 13.3. The number of hydrogen-bond donors (Lipinski definition) is 2. The van der Waals surface area contributed by atoms with Crippen molar-refractivity contribution in [3.8, 4) is 11.5 Å². The van der Waals surface area contributed by atoms with E-state index >= 15 is 0 Å². The molecule has 1 fully saturated rings. The molecule has 0 unspecified atom stereocenters. The van der Waals surface area contributed by atoms with Crippen molar-refractivity contribution in [3.63, 3.8) is 0 Å². The van der Waals surface area contributed by atoms with Crippen molar-refractivity contribution in [2.24, 2.45) is 4.99 Å². The molecule has 2 N–H and O–H groups in total. The third-order valence-corrected chi connectivity index (χ3v) is 5.99. The highest BCUT2D eigenvalue weighted by molar-refractivity contribution is 6.43. The van der Waals surface area contributed by atoms with E-state index in [0.717, 1.165) is 24.8 Å². The third-order valence-electron chi connectivity index (χ3n) is 5.99. The highest BCUT2D eigenvalue weighted by Gasteiger charge is 2.28. The van der Waals surface area contributed by atoms with Gasteiger partial charge in [0, 0.05) is 19.2 Å². The zero-order valence-electron chi connectivity index (χ0n) is 20.1. The number of carbonyl (C=O) groups is 3. The van der Waals surface area contributed by atoms with Crippen molar-refractivity contribution in [2.75, 3.05) is 44.2 Å². The molecular weight excluding hydrogens is 450 g/mol. The van der Waals surface area contributed by atoms with Crippen molar-refractivity contribution < 1.29 is 23.9 Å². The normalized spacial score (nSPS) is 15.7. The van der Waals surface area contributed by atoms with E-state index < -0.39 is 5.91 Å². The van der Waals surface area contributed by atoms with Gasteiger partial charge in [0.25, 0.3) is 17.7 Å². The second kappa shape index (κ2) is 10.5. The Kier molecular flexibility index (Phi) is 7.19. The van der Waals surface area contributed by atoms with Crippen LogP contribution < -0.4 is 25.2 Å². The van der Waals surface area contributed by atoms with E-state index in [1.54, 1.807) is 29.2 Å². The highest BCUT2D eigenvalue weighted by atomic mass is 16.5. The summed E-state index contributed by atoms with van der Waals surface area (Å²) in [6.07, 6.45) is 2.95. The standard InChI is InChI=1S/C25H29N5O5/c1-16-7-9-17(10-8-16)30-22(31)15-26-23(28-30)24(32)27-19-14-21(35-3)20(34-2)13-18(19)25(33)29-11-5-4-6-12-29/h7-10,13-14H,4-6,11-12,15H2,1-3H3,(H,26,28)(H,27,32). The molecule has 3 amide bonds. The monoisotopic (exact) mass is 479 g/mol. The molecule has 10 heteroatoms. The van der Waals surface area contributed by atoms with Gasteiger partial charge in [-0.1, -0.05) is 17.7 Å². The molecule has 2 heterocycles. The second-order valence-corrected chi connectivity index (χ2v) is 8.40. The Balaban J connectivity index is 1.60. The summed E-state index contributed by atoms with van der Waals surface area (Å²) >= 11 is 0. The summed E-state index contributed by atoms with van der Waals surface area (Å²) < 4.78 is 10.8. The fraction of sp³-hybridized carbons (Fsp3) is 0.360. The van der Waals surface area contributed by atoms with Gasteiger partial charge in [-0.3, -0.25) is 24.8 Å². The Morgan fingerprint density at radius 1 is 1.00 bits per heavy atom. The molecule has 0 spiro atoms. The van der Waals surface area contributed by atoms with Crippen molar-refractivity contribution >= 4 is 34.9 Å². The number of aliphatic imine (C=N–C) groups is 1. The molecule has 1 saturated heterocycles. The van der Waals surface area contributed by atoms with Crippen molar-refractivity contribution in [2.45, 2.75) is 26.2 Å². The molecule has 2 aliphatic rings. The Labute approximate surface area is 203 Å². The number of hydrogen-bond acceptors (Lipinski definition) is 7. The van der Waals surface area contributed by atoms with Gasteiger partial charge >= 0.3 is 0 Å². The molecule has 0 saturated carbocycles. The van der Waals surface area contributed by atoms with Gasteiger partial charge in [-0.2, -0.15) is 0 Å². The summed E-state index contributed by atoms with van der Waals surface area (Å²) in [5.74, 6) is -0.373. The maximum absolute atomic E-state index is 13.3. The molecule has 4 rings (SSSR count). The number of likely N-dealkylation sites (tertiary alicyclic amines) is 1. The number of amides is 3. The predicted octanol–water partition coefficient (Wildman–Crippen LogP) is 2.53. The van der Waals surface area contributed by atoms with Gasteiger partial charge in [-0.25, -0.2) is 5.01 Å². The van der Waals surface area contributed by atoms with E-state index in [9.17, 15) is 14.4 Å². The Morgan fingerprint density at radius 2 is 1.66 bits per heavy atom. The second-order valence-electron chi connectivity index (χ2n) is 8.40. The number of nitrogens with zero attached hydrogens (tertiary/aromatic N) is 3. The zero-order valence-corrected chi connectivity index (χ0v) is 20.1. The fourth-order valence-corrected chi connectivity index (χ4v) is 4.05. The lowest BCUT2D eigenvalue weighted by molar-refractivity contribution is -0.118. The summed E-state index contributed by atoms with van der Waals surface area (Å²) in [6.45, 7) is 3.07. The first-order valence-electron chi connectivity index (χ1n) is 11.5. The first-order valence-corrected chi connectivity index (χ1v) is 11.5. The number of benzene rings is 2. The van der Waals surface area contributed by atoms with Crippen LogP contribution >= 0.6 is 0 Å². The van der Waals surface area contributed by atoms with Crippen LogP contribution in [0.1, 0.15) is 35.2 Å². The number of amidine groups is 1. The summed E-state index contributed by atoms with van der Waals surface area (Å²) in [6, 6.07) is 10.4. The molecule has 2 aliphatic heterocycles. The summed E-state index contributed by atoms with van der Waals surface area (Å²) in [7, 11) is 2.97. The average molecular weight is 480 g/mol. The first kappa shape index (κ1) is 24.1. The number of ether oxygens (including phenoxy) is 2. The van der Waals surface area contributed by atoms with Crippen LogP contribution in [-0.2, 0) is 9.59 Å². The molecule has 10 nitrogen and oxygen atoms in total. The van der Waals surface area contributed by atoms with Crippen molar-refractivity contribution in [1.29, 1.82) is 0 Å². The van der Waals surface area contributed by atoms with Gasteiger partial charge < -0.3 is 19.7 Å². The smallest absolute Gasteiger partial charge is 0.292 e. The molecule has 184 valence electrons. The minimum atomic E-state index is -0.588. The first-order chi connectivity index (χ1) is 16.9. The van der Waals surface area contributed by atoms with Gasteiger partial charge in [0.15, 0.2) is 11.5 Å². The van der Waals surface area contributed by atoms with Crippen molar-refractivity contribution in [3.05, 3.63) is 47.5 Å². The van der Waals surface area contributed by atoms with Crippen LogP contribution in [0.2, 0.25) is 0 Å². The van der Waals surface area contributed by atoms with Gasteiger partial charge in [0.2, 0.25) is 5.84 Å². The Morgan fingerprint density at radius 3 is 2.31 bits per heavy atom. The SMILES string of the molecule is COc1cc(NC(=O)C2=NCC(=O)N(c3ccc(C)cc3)N2)c(C(=O)N2CCCCC2)cc1OC. The summed E-state index contributed by atoms with van der Waals surface area (Å²) in [5, 5.41) is 4.06. The lowest BCUT2D eigenvalue weighted by atomic mass is 10.1. The fourth-order valence-electron chi connectivity index (χ4n) is 4.05. The number of piperidine rings is 1. The van der Waals surface area contributed by atoms with Crippen LogP contribution in [0.3, 0.4) is 0 Å². The van der Waals surface area contributed by atoms with Gasteiger partial charge in [-0.05, 0) is 44.4 Å². The molecule has 0 radical (unpaired) electrons. The van der Waals surface area contributed by atoms with Crippen LogP contribution in [-0.4, -0.2) is 62.3 Å². The lowest BCUT2D eigenvalue weighted by Crippen LogP contribution is -2.54. The van der Waals surface area contributed by atoms with Crippen LogP contribution in [0.25, 0.3) is 0 Å². The maximum Gasteiger partial charge on any atom is 0.292 e. The van der Waals surface area contributed by atoms with E-state index in [1.165, 1.54) is 19.2 Å². The van der Waals surface area contributed by atoms with Crippen LogP contribution in [0.5, 0.6) is 11.5 Å². The molecule has 0 aromatic heterocycles. The van der Waals surface area contributed by atoms with Crippen LogP contribution in [0.15, 0.2) is 41.4 Å². The minimum Gasteiger partial charge on any atom is -0.493 e. The van der Waals surface area contributed by atoms with Crippen LogP contribution in [0.4, 0.5) is 11.4 Å². The third kappa shape index (κ3) is 5.21. The van der Waals surface area contributed by atoms with Gasteiger partial charge in [-0.15, -0.1) is 0 Å². The molecule has 0 aliphatic carbocycles. The molecule has 0 atom stereocenters. The number of hydrazine groups is 1. The van der Waals surface area contributed by atoms with E-state index in [0.29, 0.717) is 35.8 Å². The number of methoxy groups -OCH3 is 2. The van der Waals surface area contributed by atoms with Crippen LogP contribution in [0, 0.1) is 6.92 Å². The topological polar surface area (TPSA) is 113 Å². The summed E-state index contributed by atoms with van der Waals surface area (Å²) in [4.78, 5) is 44.8. The van der Waals surface area contributed by atoms with E-state index in [4.69, 9.17) is 9.47 Å². The number of anilines is 2. The van der Waals surface area contributed by atoms with E-state index in [-0.39, 0.29) is 29.9 Å². The predicted molar refractivity (Wildman–Crippen MR) is 132 cm³/mol. The van der Waals surface area contributed by atoms with Crippen molar-refractivity contribution in [1.82, 2.24) is 10.3 Å². The molecule has 0 bridgehead atoms. The highest BCUT2D eigenvalue weighted by Crippen LogP contribution is 2.34. The number of rotatable bonds is 6. The number of nitrogens with one attached hydrogen (secondary N) is 2. The number of carbonyl (C=O) groups excluding carboxylic acids is 3. The Bertz CT molecular complexity index is 1160. The van der Waals surface area contributed by atoms with E-state index in [2.05, 4.69) is 15.7 Å². The minimum absolute atomic E-state index is 0.0451. The largest absolute Gasteiger partial charge is 0.493 e. The Hall–Kier alpha value is -4.08. The molecule has 35 heavy (non-hydrogen) atoms. The average Bonchev–Trinajstić information content (AvgIpc) is 2.89. The molecule has 2 aromatic carbocycles. The quantitative estimate of drug-likeness (QED) is 0.659. The van der Waals surface area contributed by atoms with Gasteiger partial charge in [0.05, 0.1) is 31.2 Å². The molecule has 2 aromatic rings. The van der Waals surface area contributed by atoms with Gasteiger partial charge in [0.1, 0.15) is 6.54 Å². The molecular formula is C25H29N5O5.